The van der Waals surface area contributed by atoms with Crippen LogP contribution in [0.15, 0.2) is 6.20 Å². The first-order valence-corrected chi connectivity index (χ1v) is 5.19. The molecule has 0 aliphatic rings. The lowest BCUT2D eigenvalue weighted by atomic mass is 10.1. The van der Waals surface area contributed by atoms with Crippen molar-refractivity contribution in [2.75, 3.05) is 0 Å². The fraction of sp³-hybridized carbons (Fsp3) is 0.700. The highest BCUT2D eigenvalue weighted by molar-refractivity contribution is 7.71. The number of nitrogens with one attached hydrogen (secondary N) is 1. The van der Waals surface area contributed by atoms with Crippen LogP contribution in [0.2, 0.25) is 0 Å². The van der Waals surface area contributed by atoms with Crippen molar-refractivity contribution in [2.45, 2.75) is 40.2 Å². The van der Waals surface area contributed by atoms with Crippen LogP contribution >= 0.6 is 12.2 Å². The molecule has 0 fully saturated rings. The molecule has 1 aromatic rings. The molecule has 1 atom stereocenters. The molecule has 0 saturated heterocycles. The average Bonchev–Trinajstić information content (AvgIpc) is 2.28. The summed E-state index contributed by atoms with van der Waals surface area (Å²) in [5.41, 5.74) is 1.14. The van der Waals surface area contributed by atoms with Crippen LogP contribution in [0.1, 0.15) is 38.9 Å². The summed E-state index contributed by atoms with van der Waals surface area (Å²) in [5, 5.41) is 0. The Morgan fingerprint density at radius 3 is 2.46 bits per heavy atom. The highest BCUT2D eigenvalue weighted by Crippen LogP contribution is 2.17. The van der Waals surface area contributed by atoms with Gasteiger partial charge in [-0.2, -0.15) is 0 Å². The molecule has 0 aromatic carbocycles. The summed E-state index contributed by atoms with van der Waals surface area (Å²) in [5.74, 6) is 0.715. The van der Waals surface area contributed by atoms with Gasteiger partial charge in [-0.3, -0.25) is 0 Å². The Labute approximate surface area is 85.0 Å². The van der Waals surface area contributed by atoms with E-state index in [1.807, 2.05) is 6.92 Å². The predicted octanol–water partition coefficient (Wildman–Crippen LogP) is 3.46. The van der Waals surface area contributed by atoms with Gasteiger partial charge in [-0.25, -0.2) is 0 Å². The summed E-state index contributed by atoms with van der Waals surface area (Å²) in [7, 11) is 0. The van der Waals surface area contributed by atoms with Gasteiger partial charge in [0.2, 0.25) is 0 Å². The summed E-state index contributed by atoms with van der Waals surface area (Å²) in [4.78, 5) is 3.14. The molecular formula is C10H18N2S. The first-order chi connectivity index (χ1) is 6.00. The van der Waals surface area contributed by atoms with E-state index in [2.05, 4.69) is 36.5 Å². The lowest BCUT2D eigenvalue weighted by Gasteiger charge is -2.15. The standard InChI is InChI=1S/C10H18N2S/c1-7(2)5-9(4)12-6-8(3)11-10(12)13/h6-7,9H,5H2,1-4H3,(H,11,13). The molecular weight excluding hydrogens is 180 g/mol. The van der Waals surface area contributed by atoms with E-state index in [4.69, 9.17) is 12.2 Å². The zero-order valence-corrected chi connectivity index (χ0v) is 9.61. The van der Waals surface area contributed by atoms with E-state index in [1.165, 1.54) is 6.42 Å². The quantitative estimate of drug-likeness (QED) is 0.738. The molecule has 0 amide bonds. The molecule has 1 rings (SSSR count). The molecule has 0 aliphatic carbocycles. The summed E-state index contributed by atoms with van der Waals surface area (Å²) in [6, 6.07) is 0.498. The minimum Gasteiger partial charge on any atom is -0.335 e. The molecule has 13 heavy (non-hydrogen) atoms. The zero-order valence-electron chi connectivity index (χ0n) is 8.79. The molecule has 1 unspecified atom stereocenters. The van der Waals surface area contributed by atoms with Gasteiger partial charge in [0.1, 0.15) is 0 Å². The number of hydrogen-bond donors (Lipinski definition) is 1. The van der Waals surface area contributed by atoms with E-state index in [-0.39, 0.29) is 0 Å². The van der Waals surface area contributed by atoms with Gasteiger partial charge in [0.15, 0.2) is 4.77 Å². The largest absolute Gasteiger partial charge is 0.335 e. The molecule has 74 valence electrons. The summed E-state index contributed by atoms with van der Waals surface area (Å²) < 4.78 is 2.98. The van der Waals surface area contributed by atoms with E-state index in [0.717, 1.165) is 10.5 Å². The number of aryl methyl sites for hydroxylation is 1. The Kier molecular flexibility index (Phi) is 3.31. The SMILES string of the molecule is Cc1cn(C(C)CC(C)C)c(=S)[nH]1. The number of aromatic nitrogens is 2. The van der Waals surface area contributed by atoms with Crippen LogP contribution in [0.4, 0.5) is 0 Å². The van der Waals surface area contributed by atoms with E-state index in [9.17, 15) is 0 Å². The number of aromatic amines is 1. The Morgan fingerprint density at radius 2 is 2.08 bits per heavy atom. The van der Waals surface area contributed by atoms with Crippen molar-refractivity contribution >= 4 is 12.2 Å². The first-order valence-electron chi connectivity index (χ1n) is 4.78. The number of imidazole rings is 1. The average molecular weight is 198 g/mol. The van der Waals surface area contributed by atoms with Crippen molar-refractivity contribution < 1.29 is 0 Å². The Hall–Kier alpha value is -0.570. The van der Waals surface area contributed by atoms with Gasteiger partial charge in [-0.05, 0) is 38.4 Å². The lowest BCUT2D eigenvalue weighted by molar-refractivity contribution is 0.424. The molecule has 0 aliphatic heterocycles. The van der Waals surface area contributed by atoms with Crippen LogP contribution in [0.25, 0.3) is 0 Å². The topological polar surface area (TPSA) is 20.7 Å². The predicted molar refractivity (Wildman–Crippen MR) is 58.5 cm³/mol. The maximum atomic E-state index is 5.21. The minimum absolute atomic E-state index is 0.498. The van der Waals surface area contributed by atoms with Gasteiger partial charge in [0.05, 0.1) is 0 Å². The number of hydrogen-bond acceptors (Lipinski definition) is 1. The summed E-state index contributed by atoms with van der Waals surface area (Å²) in [6.07, 6.45) is 3.26. The van der Waals surface area contributed by atoms with Gasteiger partial charge in [-0.15, -0.1) is 0 Å². The van der Waals surface area contributed by atoms with Crippen molar-refractivity contribution in [2.24, 2.45) is 5.92 Å². The van der Waals surface area contributed by atoms with Gasteiger partial charge in [0.25, 0.3) is 0 Å². The maximum absolute atomic E-state index is 5.21. The number of rotatable bonds is 3. The van der Waals surface area contributed by atoms with Crippen LogP contribution in [0.5, 0.6) is 0 Å². The van der Waals surface area contributed by atoms with E-state index < -0.39 is 0 Å². The van der Waals surface area contributed by atoms with Gasteiger partial charge in [-0.1, -0.05) is 13.8 Å². The molecule has 1 aromatic heterocycles. The minimum atomic E-state index is 0.498. The van der Waals surface area contributed by atoms with Crippen molar-refractivity contribution in [3.05, 3.63) is 16.7 Å². The monoisotopic (exact) mass is 198 g/mol. The molecule has 0 bridgehead atoms. The highest BCUT2D eigenvalue weighted by atomic mass is 32.1. The molecule has 2 nitrogen and oxygen atoms in total. The lowest BCUT2D eigenvalue weighted by Crippen LogP contribution is -2.06. The fourth-order valence-electron chi connectivity index (χ4n) is 1.66. The summed E-state index contributed by atoms with van der Waals surface area (Å²) in [6.45, 7) is 8.72. The van der Waals surface area contributed by atoms with Gasteiger partial charge < -0.3 is 9.55 Å². The Morgan fingerprint density at radius 1 is 1.46 bits per heavy atom. The van der Waals surface area contributed by atoms with Gasteiger partial charge in [0, 0.05) is 17.9 Å². The molecule has 1 heterocycles. The third kappa shape index (κ3) is 2.69. The third-order valence-electron chi connectivity index (χ3n) is 2.16. The molecule has 0 saturated carbocycles. The molecule has 0 spiro atoms. The number of H-pyrrole nitrogens is 1. The van der Waals surface area contributed by atoms with Crippen molar-refractivity contribution in [1.82, 2.24) is 9.55 Å². The smallest absolute Gasteiger partial charge is 0.177 e. The Balaban J connectivity index is 2.82. The normalized spacial score (nSPS) is 13.6. The van der Waals surface area contributed by atoms with Crippen molar-refractivity contribution in [1.29, 1.82) is 0 Å². The zero-order chi connectivity index (χ0) is 10.0. The second-order valence-corrected chi connectivity index (χ2v) is 4.51. The fourth-order valence-corrected chi connectivity index (χ4v) is 2.05. The second kappa shape index (κ2) is 4.09. The van der Waals surface area contributed by atoms with E-state index in [1.54, 1.807) is 0 Å². The number of nitrogens with zero attached hydrogens (tertiary/aromatic N) is 1. The van der Waals surface area contributed by atoms with Crippen LogP contribution < -0.4 is 0 Å². The third-order valence-corrected chi connectivity index (χ3v) is 2.47. The maximum Gasteiger partial charge on any atom is 0.177 e. The van der Waals surface area contributed by atoms with Crippen LogP contribution in [-0.4, -0.2) is 9.55 Å². The first kappa shape index (κ1) is 10.5. The van der Waals surface area contributed by atoms with Crippen LogP contribution in [0.3, 0.4) is 0 Å². The van der Waals surface area contributed by atoms with Crippen LogP contribution in [0, 0.1) is 17.6 Å². The van der Waals surface area contributed by atoms with Crippen molar-refractivity contribution in [3.8, 4) is 0 Å². The van der Waals surface area contributed by atoms with Gasteiger partial charge >= 0.3 is 0 Å². The van der Waals surface area contributed by atoms with Crippen molar-refractivity contribution in [3.63, 3.8) is 0 Å². The van der Waals surface area contributed by atoms with E-state index in [0.29, 0.717) is 12.0 Å². The molecule has 1 N–H and O–H groups in total. The molecule has 3 heteroatoms. The highest BCUT2D eigenvalue weighted by Gasteiger charge is 2.08. The second-order valence-electron chi connectivity index (χ2n) is 4.13. The van der Waals surface area contributed by atoms with Crippen LogP contribution in [-0.2, 0) is 0 Å². The summed E-state index contributed by atoms with van der Waals surface area (Å²) >= 11 is 5.21. The molecule has 0 radical (unpaired) electrons. The van der Waals surface area contributed by atoms with E-state index >= 15 is 0 Å². The Bertz CT molecular complexity index is 322.